The van der Waals surface area contributed by atoms with Crippen LogP contribution in [0.25, 0.3) is 0 Å². The van der Waals surface area contributed by atoms with Gasteiger partial charge in [0, 0.05) is 0 Å². The second-order valence-electron chi connectivity index (χ2n) is 7.08. The van der Waals surface area contributed by atoms with Crippen LogP contribution in [0.2, 0.25) is 0 Å². The van der Waals surface area contributed by atoms with Crippen molar-refractivity contribution in [1.29, 1.82) is 0 Å². The summed E-state index contributed by atoms with van der Waals surface area (Å²) < 4.78 is 0. The summed E-state index contributed by atoms with van der Waals surface area (Å²) in [7, 11) is 0. The van der Waals surface area contributed by atoms with Crippen LogP contribution >= 0.6 is 0 Å². The maximum atomic E-state index is 2.64. The maximum Gasteiger partial charge on any atom is -0.0169 e. The van der Waals surface area contributed by atoms with Crippen molar-refractivity contribution in [3.63, 3.8) is 0 Å². The van der Waals surface area contributed by atoms with Crippen molar-refractivity contribution >= 4 is 0 Å². The van der Waals surface area contributed by atoms with E-state index >= 15 is 0 Å². The molecule has 0 nitrogen and oxygen atoms in total. The van der Waals surface area contributed by atoms with Crippen LogP contribution < -0.4 is 0 Å². The van der Waals surface area contributed by atoms with Crippen LogP contribution in [0.15, 0.2) is 23.8 Å². The standard InChI is InChI=1S/C16H20/c1-8-4-11-6-12(8)14-7-13-9-2-3-10(5-9)15(13)16(11)14/h2-4,9-16H,5-7H2,1H3. The zero-order chi connectivity index (χ0) is 10.4. The van der Waals surface area contributed by atoms with Gasteiger partial charge in [0.15, 0.2) is 0 Å². The Bertz CT molecular complexity index is 416. The summed E-state index contributed by atoms with van der Waals surface area (Å²) in [5.74, 6) is 8.33. The highest BCUT2D eigenvalue weighted by Crippen LogP contribution is 2.68. The van der Waals surface area contributed by atoms with Crippen LogP contribution in [-0.2, 0) is 0 Å². The summed E-state index contributed by atoms with van der Waals surface area (Å²) in [5.41, 5.74) is 1.74. The van der Waals surface area contributed by atoms with Gasteiger partial charge in [-0.1, -0.05) is 23.8 Å². The van der Waals surface area contributed by atoms with E-state index in [0.717, 1.165) is 47.3 Å². The molecule has 5 rings (SSSR count). The smallest absolute Gasteiger partial charge is 0.0169 e. The predicted molar refractivity (Wildman–Crippen MR) is 64.7 cm³/mol. The van der Waals surface area contributed by atoms with E-state index in [0.29, 0.717) is 0 Å². The first-order valence-electron chi connectivity index (χ1n) is 7.19. The number of allylic oxidation sites excluding steroid dienone is 4. The highest BCUT2D eigenvalue weighted by Gasteiger charge is 2.61. The monoisotopic (exact) mass is 212 g/mol. The summed E-state index contributed by atoms with van der Waals surface area (Å²) in [6, 6.07) is 0. The van der Waals surface area contributed by atoms with Crippen molar-refractivity contribution in [3.8, 4) is 0 Å². The predicted octanol–water partition coefficient (Wildman–Crippen LogP) is 3.66. The average Bonchev–Trinajstić information content (AvgIpc) is 2.98. The van der Waals surface area contributed by atoms with Crippen molar-refractivity contribution < 1.29 is 0 Å². The lowest BCUT2D eigenvalue weighted by Crippen LogP contribution is -2.25. The third kappa shape index (κ3) is 0.762. The van der Waals surface area contributed by atoms with E-state index < -0.39 is 0 Å². The molecule has 0 heterocycles. The first kappa shape index (κ1) is 8.55. The van der Waals surface area contributed by atoms with Gasteiger partial charge in [-0.15, -0.1) is 0 Å². The van der Waals surface area contributed by atoms with Crippen LogP contribution in [0.1, 0.15) is 26.2 Å². The minimum absolute atomic E-state index is 0.984. The quantitative estimate of drug-likeness (QED) is 0.538. The van der Waals surface area contributed by atoms with E-state index in [1.165, 1.54) is 12.8 Å². The molecule has 3 fully saturated rings. The summed E-state index contributed by atoms with van der Waals surface area (Å²) in [4.78, 5) is 0. The highest BCUT2D eigenvalue weighted by molar-refractivity contribution is 5.28. The Morgan fingerprint density at radius 1 is 0.875 bits per heavy atom. The first-order valence-corrected chi connectivity index (χ1v) is 7.19. The van der Waals surface area contributed by atoms with Crippen LogP contribution in [0.4, 0.5) is 0 Å². The van der Waals surface area contributed by atoms with Gasteiger partial charge >= 0.3 is 0 Å². The molecule has 0 aliphatic heterocycles. The molecule has 84 valence electrons. The number of fused-ring (bicyclic) bond motifs is 11. The molecule has 0 radical (unpaired) electrons. The van der Waals surface area contributed by atoms with Crippen LogP contribution in [-0.4, -0.2) is 0 Å². The van der Waals surface area contributed by atoms with Crippen molar-refractivity contribution in [1.82, 2.24) is 0 Å². The van der Waals surface area contributed by atoms with Gasteiger partial charge in [0.2, 0.25) is 0 Å². The lowest BCUT2D eigenvalue weighted by molar-refractivity contribution is 0.236. The number of rotatable bonds is 0. The van der Waals surface area contributed by atoms with Gasteiger partial charge in [0.05, 0.1) is 0 Å². The Morgan fingerprint density at radius 2 is 1.69 bits per heavy atom. The Morgan fingerprint density at radius 3 is 2.62 bits per heavy atom. The third-order valence-electron chi connectivity index (χ3n) is 6.77. The molecule has 0 amide bonds. The third-order valence-corrected chi connectivity index (χ3v) is 6.77. The summed E-state index contributed by atoms with van der Waals surface area (Å²) in [5, 5.41) is 0. The molecule has 0 aromatic heterocycles. The largest absolute Gasteiger partial charge is 0.0848 e. The molecule has 5 aliphatic carbocycles. The van der Waals surface area contributed by atoms with Crippen LogP contribution in [0.3, 0.4) is 0 Å². The molecule has 16 heavy (non-hydrogen) atoms. The van der Waals surface area contributed by atoms with Gasteiger partial charge in [-0.05, 0) is 73.5 Å². The molecule has 0 N–H and O–H groups in total. The summed E-state index contributed by atoms with van der Waals surface area (Å²) in [6.45, 7) is 2.39. The minimum atomic E-state index is 0.984. The van der Waals surface area contributed by atoms with E-state index in [-0.39, 0.29) is 0 Å². The average molecular weight is 212 g/mol. The molecular formula is C16H20. The van der Waals surface area contributed by atoms with E-state index in [1.807, 2.05) is 0 Å². The lowest BCUT2D eigenvalue weighted by Gasteiger charge is -2.30. The number of hydrogen-bond acceptors (Lipinski definition) is 0. The van der Waals surface area contributed by atoms with Crippen LogP contribution in [0.5, 0.6) is 0 Å². The van der Waals surface area contributed by atoms with Crippen molar-refractivity contribution in [2.45, 2.75) is 26.2 Å². The van der Waals surface area contributed by atoms with Crippen molar-refractivity contribution in [2.24, 2.45) is 47.3 Å². The SMILES string of the molecule is CC1=CC2CC1C1CC3C4C=CC(C4)C3C21. The zero-order valence-electron chi connectivity index (χ0n) is 9.97. The minimum Gasteiger partial charge on any atom is -0.0848 e. The van der Waals surface area contributed by atoms with Gasteiger partial charge in [0.1, 0.15) is 0 Å². The normalized spacial score (nSPS) is 63.9. The second kappa shape index (κ2) is 2.49. The van der Waals surface area contributed by atoms with E-state index in [9.17, 15) is 0 Å². The topological polar surface area (TPSA) is 0 Å². The van der Waals surface area contributed by atoms with E-state index in [2.05, 4.69) is 25.2 Å². The lowest BCUT2D eigenvalue weighted by atomic mass is 9.74. The fraction of sp³-hybridized carbons (Fsp3) is 0.750. The molecule has 0 aromatic rings. The second-order valence-corrected chi connectivity index (χ2v) is 7.08. The van der Waals surface area contributed by atoms with E-state index in [4.69, 9.17) is 0 Å². The summed E-state index contributed by atoms with van der Waals surface area (Å²) in [6.07, 6.45) is 12.4. The maximum absolute atomic E-state index is 2.64. The molecule has 8 unspecified atom stereocenters. The fourth-order valence-corrected chi connectivity index (χ4v) is 6.45. The Labute approximate surface area is 97.8 Å². The van der Waals surface area contributed by atoms with Crippen molar-refractivity contribution in [2.75, 3.05) is 0 Å². The van der Waals surface area contributed by atoms with Crippen molar-refractivity contribution in [3.05, 3.63) is 23.8 Å². The molecule has 0 heteroatoms. The summed E-state index contributed by atoms with van der Waals surface area (Å²) >= 11 is 0. The molecule has 4 bridgehead atoms. The van der Waals surface area contributed by atoms with Gasteiger partial charge in [-0.3, -0.25) is 0 Å². The molecule has 0 saturated heterocycles. The van der Waals surface area contributed by atoms with Crippen LogP contribution in [0, 0.1) is 47.3 Å². The molecule has 8 atom stereocenters. The van der Waals surface area contributed by atoms with Gasteiger partial charge in [0.25, 0.3) is 0 Å². The molecule has 3 saturated carbocycles. The molecular weight excluding hydrogens is 192 g/mol. The number of hydrogen-bond donors (Lipinski definition) is 0. The Balaban J connectivity index is 1.59. The van der Waals surface area contributed by atoms with Gasteiger partial charge < -0.3 is 0 Å². The first-order chi connectivity index (χ1) is 7.83. The Kier molecular flexibility index (Phi) is 1.33. The van der Waals surface area contributed by atoms with Gasteiger partial charge in [-0.25, -0.2) is 0 Å². The van der Waals surface area contributed by atoms with Gasteiger partial charge in [-0.2, -0.15) is 0 Å². The molecule has 0 aromatic carbocycles. The molecule has 0 spiro atoms. The highest BCUT2D eigenvalue weighted by atomic mass is 14.7. The fourth-order valence-electron chi connectivity index (χ4n) is 6.45. The van der Waals surface area contributed by atoms with E-state index in [1.54, 1.807) is 12.0 Å². The molecule has 5 aliphatic rings. The zero-order valence-corrected chi connectivity index (χ0v) is 9.97. The Hall–Kier alpha value is -0.520.